The van der Waals surface area contributed by atoms with Crippen molar-refractivity contribution in [1.82, 2.24) is 0 Å². The summed E-state index contributed by atoms with van der Waals surface area (Å²) in [7, 11) is 0. The van der Waals surface area contributed by atoms with Gasteiger partial charge in [0.05, 0.1) is 6.61 Å². The molecule has 1 heteroatoms. The van der Waals surface area contributed by atoms with Crippen LogP contribution in [0.3, 0.4) is 0 Å². The van der Waals surface area contributed by atoms with E-state index in [0.29, 0.717) is 0 Å². The molecule has 156 valence electrons. The zero-order valence-electron chi connectivity index (χ0n) is 18.2. The van der Waals surface area contributed by atoms with Gasteiger partial charge in [0.1, 0.15) is 5.75 Å². The maximum Gasteiger partial charge on any atom is 0.119 e. The molecule has 0 aliphatic heterocycles. The van der Waals surface area contributed by atoms with E-state index in [1.54, 1.807) is 5.56 Å². The predicted octanol–water partition coefficient (Wildman–Crippen LogP) is 8.28. The topological polar surface area (TPSA) is 9.23 Å². The maximum absolute atomic E-state index is 5.65. The average Bonchev–Trinajstić information content (AvgIpc) is 2.78. The van der Waals surface area contributed by atoms with Crippen LogP contribution >= 0.6 is 0 Å². The molecule has 0 bridgehead atoms. The lowest BCUT2D eigenvalue weighted by Crippen LogP contribution is -2.17. The number of allylic oxidation sites excluding steroid dienone is 1. The summed E-state index contributed by atoms with van der Waals surface area (Å²) in [6.07, 6.45) is 16.4. The number of ether oxygens (including phenoxy) is 1. The first-order valence-corrected chi connectivity index (χ1v) is 12.0. The van der Waals surface area contributed by atoms with Crippen molar-refractivity contribution in [2.75, 3.05) is 6.61 Å². The Bertz CT molecular complexity index is 791. The third-order valence-electron chi connectivity index (χ3n) is 7.67. The van der Waals surface area contributed by atoms with Crippen molar-refractivity contribution in [1.29, 1.82) is 0 Å². The van der Waals surface area contributed by atoms with E-state index in [9.17, 15) is 0 Å². The summed E-state index contributed by atoms with van der Waals surface area (Å²) >= 11 is 0. The first-order chi connectivity index (χ1) is 14.2. The molecular weight excluding hydrogens is 352 g/mol. The third-order valence-corrected chi connectivity index (χ3v) is 7.67. The normalized spacial score (nSPS) is 27.6. The summed E-state index contributed by atoms with van der Waals surface area (Å²) in [5.41, 5.74) is 1.54. The van der Waals surface area contributed by atoms with E-state index < -0.39 is 0 Å². The van der Waals surface area contributed by atoms with Crippen LogP contribution in [-0.2, 0) is 0 Å². The van der Waals surface area contributed by atoms with Crippen LogP contribution in [0.4, 0.5) is 0 Å². The molecule has 2 aromatic carbocycles. The van der Waals surface area contributed by atoms with E-state index in [0.717, 1.165) is 36.0 Å². The monoisotopic (exact) mass is 390 g/mol. The summed E-state index contributed by atoms with van der Waals surface area (Å²) in [5, 5.41) is 2.64. The van der Waals surface area contributed by atoms with Crippen LogP contribution in [0.25, 0.3) is 10.8 Å². The minimum Gasteiger partial charge on any atom is -0.494 e. The Morgan fingerprint density at radius 3 is 2.10 bits per heavy atom. The average molecular weight is 391 g/mol. The number of hydrogen-bond donors (Lipinski definition) is 0. The first kappa shape index (κ1) is 20.5. The molecule has 0 heterocycles. The molecule has 2 aliphatic rings. The van der Waals surface area contributed by atoms with Gasteiger partial charge < -0.3 is 4.74 Å². The summed E-state index contributed by atoms with van der Waals surface area (Å²) in [5.74, 6) is 4.49. The van der Waals surface area contributed by atoms with Crippen molar-refractivity contribution in [2.24, 2.45) is 17.8 Å². The van der Waals surface area contributed by atoms with Gasteiger partial charge in [-0.2, -0.15) is 0 Å². The smallest absolute Gasteiger partial charge is 0.119 e. The van der Waals surface area contributed by atoms with Crippen LogP contribution in [0.5, 0.6) is 5.75 Å². The van der Waals surface area contributed by atoms with Crippen LogP contribution in [0.1, 0.15) is 82.6 Å². The lowest BCUT2D eigenvalue weighted by molar-refractivity contribution is 0.246. The fourth-order valence-electron chi connectivity index (χ4n) is 5.72. The molecular formula is C28H38O. The highest BCUT2D eigenvalue weighted by Crippen LogP contribution is 2.40. The molecule has 0 spiro atoms. The van der Waals surface area contributed by atoms with Crippen LogP contribution in [0, 0.1) is 17.8 Å². The second-order valence-electron chi connectivity index (χ2n) is 9.51. The van der Waals surface area contributed by atoms with Crippen molar-refractivity contribution >= 4 is 10.8 Å². The number of benzene rings is 2. The molecule has 2 aromatic rings. The van der Waals surface area contributed by atoms with E-state index in [-0.39, 0.29) is 0 Å². The van der Waals surface area contributed by atoms with Gasteiger partial charge >= 0.3 is 0 Å². The largest absolute Gasteiger partial charge is 0.494 e. The highest BCUT2D eigenvalue weighted by Gasteiger charge is 2.25. The molecule has 29 heavy (non-hydrogen) atoms. The zero-order chi connectivity index (χ0) is 20.1. The Balaban J connectivity index is 1.27. The van der Waals surface area contributed by atoms with Crippen LogP contribution in [0.2, 0.25) is 0 Å². The SMILES string of the molecule is C=CC1CCC(CCC2CCC(c3ccc4cc(OCC)ccc4c3)CC2)CC1. The first-order valence-electron chi connectivity index (χ1n) is 12.0. The standard InChI is InChI=1S/C28H38O/c1-3-21-5-7-22(8-6-21)9-10-23-11-13-24(14-12-23)25-15-16-27-20-28(29-4-2)18-17-26(27)19-25/h3,15-24H,1,4-14H2,2H3. The summed E-state index contributed by atoms with van der Waals surface area (Å²) < 4.78 is 5.65. The number of hydrogen-bond acceptors (Lipinski definition) is 1. The van der Waals surface area contributed by atoms with Crippen molar-refractivity contribution in [2.45, 2.75) is 77.0 Å². The molecule has 0 aromatic heterocycles. The molecule has 0 amide bonds. The second-order valence-corrected chi connectivity index (χ2v) is 9.51. The fraction of sp³-hybridized carbons (Fsp3) is 0.571. The molecule has 0 atom stereocenters. The minimum absolute atomic E-state index is 0.725. The van der Waals surface area contributed by atoms with Gasteiger partial charge in [-0.1, -0.05) is 43.2 Å². The van der Waals surface area contributed by atoms with Crippen molar-refractivity contribution in [3.8, 4) is 5.75 Å². The Kier molecular flexibility index (Phi) is 6.95. The molecule has 0 radical (unpaired) electrons. The number of rotatable bonds is 7. The fourth-order valence-corrected chi connectivity index (χ4v) is 5.72. The Hall–Kier alpha value is -1.76. The summed E-state index contributed by atoms with van der Waals surface area (Å²) in [6.45, 7) is 6.75. The molecule has 0 saturated heterocycles. The second kappa shape index (κ2) is 9.83. The number of fused-ring (bicyclic) bond motifs is 1. The summed E-state index contributed by atoms with van der Waals surface area (Å²) in [4.78, 5) is 0. The summed E-state index contributed by atoms with van der Waals surface area (Å²) in [6, 6.07) is 13.6. The van der Waals surface area contributed by atoms with Gasteiger partial charge in [0, 0.05) is 0 Å². The molecule has 0 N–H and O–H groups in total. The molecule has 0 unspecified atom stereocenters. The van der Waals surface area contributed by atoms with Crippen LogP contribution in [0.15, 0.2) is 49.1 Å². The highest BCUT2D eigenvalue weighted by molar-refractivity contribution is 5.84. The van der Waals surface area contributed by atoms with Gasteiger partial charge in [0.25, 0.3) is 0 Å². The van der Waals surface area contributed by atoms with Gasteiger partial charge in [0.2, 0.25) is 0 Å². The molecule has 2 saturated carbocycles. The lowest BCUT2D eigenvalue weighted by Gasteiger charge is -2.31. The van der Waals surface area contributed by atoms with Crippen LogP contribution in [-0.4, -0.2) is 6.61 Å². The van der Waals surface area contributed by atoms with Gasteiger partial charge in [0.15, 0.2) is 0 Å². The van der Waals surface area contributed by atoms with Crippen molar-refractivity contribution in [3.63, 3.8) is 0 Å². The molecule has 4 rings (SSSR count). The third kappa shape index (κ3) is 5.24. The van der Waals surface area contributed by atoms with E-state index in [4.69, 9.17) is 4.74 Å². The molecule has 2 fully saturated rings. The van der Waals surface area contributed by atoms with E-state index in [1.807, 2.05) is 6.92 Å². The highest BCUT2D eigenvalue weighted by atomic mass is 16.5. The maximum atomic E-state index is 5.65. The molecule has 2 aliphatic carbocycles. The van der Waals surface area contributed by atoms with Gasteiger partial charge in [-0.15, -0.1) is 6.58 Å². The lowest BCUT2D eigenvalue weighted by atomic mass is 9.74. The Labute approximate surface area is 177 Å². The quantitative estimate of drug-likeness (QED) is 0.432. The predicted molar refractivity (Wildman–Crippen MR) is 125 cm³/mol. The Morgan fingerprint density at radius 2 is 1.45 bits per heavy atom. The van der Waals surface area contributed by atoms with Crippen molar-refractivity contribution < 1.29 is 4.74 Å². The molecule has 1 nitrogen and oxygen atoms in total. The Morgan fingerprint density at radius 1 is 0.828 bits per heavy atom. The van der Waals surface area contributed by atoms with E-state index in [1.165, 1.54) is 75.0 Å². The zero-order valence-corrected chi connectivity index (χ0v) is 18.2. The van der Waals surface area contributed by atoms with E-state index in [2.05, 4.69) is 49.1 Å². The van der Waals surface area contributed by atoms with Crippen LogP contribution < -0.4 is 4.74 Å². The minimum atomic E-state index is 0.725. The van der Waals surface area contributed by atoms with Gasteiger partial charge in [-0.05, 0) is 110 Å². The van der Waals surface area contributed by atoms with Gasteiger partial charge in [-0.3, -0.25) is 0 Å². The van der Waals surface area contributed by atoms with E-state index >= 15 is 0 Å². The van der Waals surface area contributed by atoms with Crippen molar-refractivity contribution in [3.05, 3.63) is 54.6 Å². The van der Waals surface area contributed by atoms with Gasteiger partial charge in [-0.25, -0.2) is 0 Å².